The summed E-state index contributed by atoms with van der Waals surface area (Å²) in [6.07, 6.45) is 7.23. The highest BCUT2D eigenvalue weighted by Crippen LogP contribution is 2.35. The Morgan fingerprint density at radius 1 is 1.41 bits per heavy atom. The van der Waals surface area contributed by atoms with Crippen LogP contribution in [0, 0.1) is 0 Å². The summed E-state index contributed by atoms with van der Waals surface area (Å²) in [5.74, 6) is 2.86. The molecule has 1 aliphatic carbocycles. The molecule has 0 unspecified atom stereocenters. The largest absolute Gasteiger partial charge is 0.375 e. The molecule has 146 valence electrons. The van der Waals surface area contributed by atoms with Crippen molar-refractivity contribution >= 4 is 5.91 Å². The van der Waals surface area contributed by atoms with Gasteiger partial charge in [0.25, 0.3) is 0 Å². The molecule has 0 bridgehead atoms. The van der Waals surface area contributed by atoms with Gasteiger partial charge < -0.3 is 19.1 Å². The lowest BCUT2D eigenvalue weighted by molar-refractivity contribution is -0.125. The Balaban J connectivity index is 1.45. The van der Waals surface area contributed by atoms with E-state index in [1.54, 1.807) is 6.20 Å². The number of amides is 1. The smallest absolute Gasteiger partial charge is 0.246 e. The highest BCUT2D eigenvalue weighted by molar-refractivity contribution is 5.77. The van der Waals surface area contributed by atoms with Crippen molar-refractivity contribution in [1.82, 2.24) is 29.9 Å². The van der Waals surface area contributed by atoms with Gasteiger partial charge in [-0.2, -0.15) is 4.98 Å². The van der Waals surface area contributed by atoms with E-state index < -0.39 is 0 Å². The predicted octanol–water partition coefficient (Wildman–Crippen LogP) is 0.801. The first-order chi connectivity index (χ1) is 13.1. The molecule has 2 aromatic rings. The van der Waals surface area contributed by atoms with Crippen LogP contribution in [0.4, 0.5) is 0 Å². The van der Waals surface area contributed by atoms with Gasteiger partial charge in [0.15, 0.2) is 5.82 Å². The van der Waals surface area contributed by atoms with E-state index in [4.69, 9.17) is 9.26 Å². The Kier molecular flexibility index (Phi) is 5.22. The molecule has 2 aliphatic rings. The molecule has 0 spiro atoms. The summed E-state index contributed by atoms with van der Waals surface area (Å²) in [5.41, 5.74) is 0. The number of aromatic nitrogens is 4. The van der Waals surface area contributed by atoms with Crippen molar-refractivity contribution in [3.05, 3.63) is 29.9 Å². The zero-order valence-corrected chi connectivity index (χ0v) is 15.8. The van der Waals surface area contributed by atoms with Gasteiger partial charge >= 0.3 is 0 Å². The lowest BCUT2D eigenvalue weighted by Crippen LogP contribution is -2.42. The van der Waals surface area contributed by atoms with Crippen LogP contribution < -0.4 is 5.32 Å². The van der Waals surface area contributed by atoms with Crippen molar-refractivity contribution in [2.75, 3.05) is 26.8 Å². The Bertz CT molecular complexity index is 784. The van der Waals surface area contributed by atoms with Gasteiger partial charge in [-0.3, -0.25) is 9.69 Å². The molecule has 9 heteroatoms. The van der Waals surface area contributed by atoms with Gasteiger partial charge in [0, 0.05) is 45.6 Å². The van der Waals surface area contributed by atoms with Crippen LogP contribution in [0.2, 0.25) is 0 Å². The van der Waals surface area contributed by atoms with Gasteiger partial charge in [-0.25, -0.2) is 4.98 Å². The fourth-order valence-corrected chi connectivity index (χ4v) is 3.89. The van der Waals surface area contributed by atoms with E-state index >= 15 is 0 Å². The summed E-state index contributed by atoms with van der Waals surface area (Å²) in [6.45, 7) is 2.14. The zero-order valence-electron chi connectivity index (χ0n) is 15.8. The molecular formula is C18H26N6O3. The van der Waals surface area contributed by atoms with Gasteiger partial charge in [-0.05, 0) is 12.8 Å². The van der Waals surface area contributed by atoms with Gasteiger partial charge in [0.1, 0.15) is 12.4 Å². The molecule has 2 fully saturated rings. The Morgan fingerprint density at radius 3 is 2.93 bits per heavy atom. The topological polar surface area (TPSA) is 98.3 Å². The molecule has 2 atom stereocenters. The van der Waals surface area contributed by atoms with Crippen molar-refractivity contribution in [3.63, 3.8) is 0 Å². The number of ether oxygens (including phenoxy) is 1. The molecular weight excluding hydrogens is 348 g/mol. The van der Waals surface area contributed by atoms with Gasteiger partial charge in [0.05, 0.1) is 18.5 Å². The number of carbonyl (C=O) groups is 1. The molecule has 0 aromatic carbocycles. The summed E-state index contributed by atoms with van der Waals surface area (Å²) in [4.78, 5) is 23.4. The highest BCUT2D eigenvalue weighted by atomic mass is 16.5. The molecule has 2 aromatic heterocycles. The molecule has 4 rings (SSSR count). The molecule has 3 heterocycles. The SMILES string of the molecule is COCC(=O)N[C@@H]1CN(Cc2noc(C3CCC3)n2)C[C@H]1c1nccn1C. The lowest BCUT2D eigenvalue weighted by atomic mass is 9.85. The van der Waals surface area contributed by atoms with E-state index in [0.717, 1.165) is 31.1 Å². The van der Waals surface area contributed by atoms with Crippen LogP contribution in [0.5, 0.6) is 0 Å². The third-order valence-electron chi connectivity index (χ3n) is 5.51. The van der Waals surface area contributed by atoms with Crippen molar-refractivity contribution in [2.45, 2.75) is 43.7 Å². The summed E-state index contributed by atoms with van der Waals surface area (Å²) >= 11 is 0. The third kappa shape index (κ3) is 3.89. The van der Waals surface area contributed by atoms with Gasteiger partial charge in [-0.1, -0.05) is 11.6 Å². The van der Waals surface area contributed by atoms with Crippen molar-refractivity contribution in [1.29, 1.82) is 0 Å². The number of carbonyl (C=O) groups excluding carboxylic acids is 1. The second kappa shape index (κ2) is 7.77. The second-order valence-electron chi connectivity index (χ2n) is 7.48. The summed E-state index contributed by atoms with van der Waals surface area (Å²) in [7, 11) is 3.50. The van der Waals surface area contributed by atoms with E-state index in [-0.39, 0.29) is 24.5 Å². The van der Waals surface area contributed by atoms with Crippen LogP contribution in [0.1, 0.15) is 48.6 Å². The predicted molar refractivity (Wildman–Crippen MR) is 95.9 cm³/mol. The van der Waals surface area contributed by atoms with Crippen LogP contribution in [0.25, 0.3) is 0 Å². The first-order valence-corrected chi connectivity index (χ1v) is 9.44. The fraction of sp³-hybridized carbons (Fsp3) is 0.667. The number of methoxy groups -OCH3 is 1. The van der Waals surface area contributed by atoms with E-state index in [2.05, 4.69) is 25.3 Å². The molecule has 1 aliphatic heterocycles. The first-order valence-electron chi connectivity index (χ1n) is 9.44. The van der Waals surface area contributed by atoms with Crippen molar-refractivity contribution in [3.8, 4) is 0 Å². The number of nitrogens with one attached hydrogen (secondary N) is 1. The van der Waals surface area contributed by atoms with E-state index in [9.17, 15) is 4.79 Å². The number of hydrogen-bond acceptors (Lipinski definition) is 7. The fourth-order valence-electron chi connectivity index (χ4n) is 3.89. The third-order valence-corrected chi connectivity index (χ3v) is 5.51. The minimum Gasteiger partial charge on any atom is -0.375 e. The normalized spacial score (nSPS) is 23.5. The van der Waals surface area contributed by atoms with Gasteiger partial charge in [-0.15, -0.1) is 0 Å². The van der Waals surface area contributed by atoms with Gasteiger partial charge in [0.2, 0.25) is 11.8 Å². The molecule has 1 saturated carbocycles. The molecule has 0 radical (unpaired) electrons. The quantitative estimate of drug-likeness (QED) is 0.765. The average Bonchev–Trinajstić information content (AvgIpc) is 3.28. The molecule has 1 amide bonds. The Morgan fingerprint density at radius 2 is 2.26 bits per heavy atom. The van der Waals surface area contributed by atoms with E-state index in [1.807, 2.05) is 17.8 Å². The van der Waals surface area contributed by atoms with Crippen molar-refractivity contribution in [2.24, 2.45) is 7.05 Å². The van der Waals surface area contributed by atoms with Crippen LogP contribution in [-0.2, 0) is 23.1 Å². The number of hydrogen-bond donors (Lipinski definition) is 1. The lowest BCUT2D eigenvalue weighted by Gasteiger charge is -2.20. The van der Waals surface area contributed by atoms with Crippen LogP contribution in [0.3, 0.4) is 0 Å². The molecule has 27 heavy (non-hydrogen) atoms. The highest BCUT2D eigenvalue weighted by Gasteiger charge is 2.37. The van der Waals surface area contributed by atoms with E-state index in [0.29, 0.717) is 24.8 Å². The Hall–Kier alpha value is -2.26. The number of nitrogens with zero attached hydrogens (tertiary/aromatic N) is 5. The number of aryl methyl sites for hydroxylation is 1. The van der Waals surface area contributed by atoms with Crippen LogP contribution >= 0.6 is 0 Å². The number of likely N-dealkylation sites (tertiary alicyclic amines) is 1. The van der Waals surface area contributed by atoms with Crippen LogP contribution in [-0.4, -0.2) is 63.3 Å². The van der Waals surface area contributed by atoms with Crippen molar-refractivity contribution < 1.29 is 14.1 Å². The molecule has 1 N–H and O–H groups in total. The maximum Gasteiger partial charge on any atom is 0.246 e. The summed E-state index contributed by atoms with van der Waals surface area (Å²) in [6, 6.07) is -0.0354. The minimum absolute atomic E-state index is 0.0354. The average molecular weight is 374 g/mol. The molecule has 9 nitrogen and oxygen atoms in total. The van der Waals surface area contributed by atoms with Crippen LogP contribution in [0.15, 0.2) is 16.9 Å². The maximum absolute atomic E-state index is 12.1. The minimum atomic E-state index is -0.115. The summed E-state index contributed by atoms with van der Waals surface area (Å²) in [5, 5.41) is 7.23. The second-order valence-corrected chi connectivity index (χ2v) is 7.48. The van der Waals surface area contributed by atoms with E-state index in [1.165, 1.54) is 13.5 Å². The standard InChI is InChI=1S/C18H26N6O3/c1-23-7-6-19-17(23)13-8-24(9-14(13)20-16(25)11-26-2)10-15-21-18(27-22-15)12-4-3-5-12/h6-7,12-14H,3-5,8-11H2,1-2H3,(H,20,25)/t13-,14-/m1/s1. The zero-order chi connectivity index (χ0) is 18.8. The monoisotopic (exact) mass is 374 g/mol. The Labute approximate surface area is 158 Å². The summed E-state index contributed by atoms with van der Waals surface area (Å²) < 4.78 is 12.4. The molecule has 1 saturated heterocycles. The first kappa shape index (κ1) is 18.1. The maximum atomic E-state index is 12.1. The number of imidazole rings is 1. The number of rotatable bonds is 7.